The van der Waals surface area contributed by atoms with Gasteiger partial charge in [-0.05, 0) is 29.0 Å². The van der Waals surface area contributed by atoms with Gasteiger partial charge in [-0.3, -0.25) is 9.35 Å². The number of nitrogens with two attached hydrogens (primary N) is 1. The molecule has 1 atom stereocenters. The van der Waals surface area contributed by atoms with Crippen LogP contribution in [0.1, 0.15) is 15.9 Å². The van der Waals surface area contributed by atoms with Crippen molar-refractivity contribution in [3.8, 4) is 5.75 Å². The Balaban J connectivity index is 1.61. The number of ketones is 1. The van der Waals surface area contributed by atoms with Crippen molar-refractivity contribution in [1.82, 2.24) is 0 Å². The normalized spacial score (nSPS) is 19.6. The third-order valence-electron chi connectivity index (χ3n) is 5.74. The molecule has 3 heterocycles. The van der Waals surface area contributed by atoms with E-state index in [1.165, 1.54) is 15.8 Å². The van der Waals surface area contributed by atoms with E-state index in [-0.39, 0.29) is 28.5 Å². The van der Waals surface area contributed by atoms with Crippen LogP contribution < -0.4 is 15.5 Å². The minimum absolute atomic E-state index is 0.00608. The third-order valence-corrected chi connectivity index (χ3v) is 7.14. The summed E-state index contributed by atoms with van der Waals surface area (Å²) in [5.41, 5.74) is 7.14. The quantitative estimate of drug-likeness (QED) is 0.111. The van der Waals surface area contributed by atoms with Crippen LogP contribution >= 0.6 is 12.0 Å². The molecule has 0 aliphatic carbocycles. The molecule has 3 aromatic rings. The second kappa shape index (κ2) is 7.82. The molecule has 182 valence electrons. The van der Waals surface area contributed by atoms with Crippen LogP contribution in [-0.4, -0.2) is 40.4 Å². The van der Waals surface area contributed by atoms with Gasteiger partial charge in [0, 0.05) is 21.6 Å². The number of carbonyl (C=O) groups excluding carboxylic acids is 1. The smallest absolute Gasteiger partial charge is 0.401 e. The Hall–Kier alpha value is -3.86. The van der Waals surface area contributed by atoms with Gasteiger partial charge in [-0.1, -0.05) is 35.4 Å². The third kappa shape index (κ3) is 3.15. The topological polar surface area (TPSA) is 176 Å². The highest BCUT2D eigenvalue weighted by Crippen LogP contribution is 2.54. The average Bonchev–Trinajstić information content (AvgIpc) is 3.33. The fourth-order valence-corrected chi connectivity index (χ4v) is 5.15. The molecular formula is C21H14N5O8S2+. The second-order valence-corrected chi connectivity index (χ2v) is 9.99. The number of benzene rings is 3. The molecule has 0 fully saturated rings. The first-order valence-corrected chi connectivity index (χ1v) is 12.3. The Kier molecular flexibility index (Phi) is 4.91. The van der Waals surface area contributed by atoms with Crippen LogP contribution in [0, 0.1) is 0 Å². The molecular weight excluding hydrogens is 514 g/mol. The molecule has 3 aromatic carbocycles. The highest BCUT2D eigenvalue weighted by atomic mass is 32.2. The van der Waals surface area contributed by atoms with Gasteiger partial charge in [-0.15, -0.1) is 14.4 Å². The van der Waals surface area contributed by atoms with Crippen molar-refractivity contribution < 1.29 is 41.8 Å². The molecule has 3 aliphatic rings. The van der Waals surface area contributed by atoms with E-state index in [2.05, 4.69) is 19.6 Å². The number of hydrogen-bond donors (Lipinski definition) is 3. The van der Waals surface area contributed by atoms with E-state index in [9.17, 15) is 17.8 Å². The Labute approximate surface area is 206 Å². The van der Waals surface area contributed by atoms with Crippen molar-refractivity contribution in [2.45, 2.75) is 15.6 Å². The molecule has 6 rings (SSSR count). The zero-order valence-corrected chi connectivity index (χ0v) is 19.4. The number of carbonyl (C=O) groups is 1. The molecule has 0 bridgehead atoms. The molecule has 1 spiro atoms. The summed E-state index contributed by atoms with van der Waals surface area (Å²) in [6, 6.07) is 15.7. The van der Waals surface area contributed by atoms with Gasteiger partial charge in [-0.2, -0.15) is 8.42 Å². The first-order chi connectivity index (χ1) is 17.2. The molecule has 0 saturated carbocycles. The van der Waals surface area contributed by atoms with Crippen LogP contribution in [0.25, 0.3) is 0 Å². The van der Waals surface area contributed by atoms with E-state index >= 15 is 0 Å². The minimum atomic E-state index is -4.64. The van der Waals surface area contributed by atoms with E-state index in [1.807, 2.05) is 6.07 Å². The Bertz CT molecular complexity index is 1630. The van der Waals surface area contributed by atoms with Gasteiger partial charge in [0.05, 0.1) is 22.6 Å². The van der Waals surface area contributed by atoms with Crippen LogP contribution in [0.2, 0.25) is 0 Å². The van der Waals surface area contributed by atoms with Crippen molar-refractivity contribution in [2.75, 3.05) is 10.7 Å². The van der Waals surface area contributed by atoms with Crippen molar-refractivity contribution in [3.63, 3.8) is 0 Å². The maximum absolute atomic E-state index is 13.8. The monoisotopic (exact) mass is 528 g/mol. The summed E-state index contributed by atoms with van der Waals surface area (Å²) in [4.78, 5) is 13.8. The molecule has 0 radical (unpaired) electrons. The summed E-state index contributed by atoms with van der Waals surface area (Å²) < 4.78 is 45.4. The fourth-order valence-electron chi connectivity index (χ4n) is 4.23. The molecule has 0 saturated heterocycles. The van der Waals surface area contributed by atoms with Gasteiger partial charge in [-0.25, -0.2) is 5.26 Å². The highest BCUT2D eigenvalue weighted by molar-refractivity contribution is 7.94. The Morgan fingerprint density at radius 3 is 2.64 bits per heavy atom. The van der Waals surface area contributed by atoms with Crippen LogP contribution in [0.4, 0.5) is 17.1 Å². The standard InChI is InChI=1S/C21H13N5O8S2/c22-15-9-13(36(29,30)31)10-17-18(15)32-21-19(27)14-7-6-12(35-34-33-28)8-16(14)25(21)23-20(24-26(17)21)11-4-2-1-3-5-11/h1-10H,22H2,(H-,28,29,30,31)/p+1. The lowest BCUT2D eigenvalue weighted by Gasteiger charge is -2.25. The molecule has 15 heteroatoms. The number of fused-ring (bicyclic) bond motifs is 4. The second-order valence-electron chi connectivity index (χ2n) is 7.79. The van der Waals surface area contributed by atoms with Crippen molar-refractivity contribution in [2.24, 2.45) is 10.2 Å². The number of hydrazone groups is 1. The number of azo groups is 2. The summed E-state index contributed by atoms with van der Waals surface area (Å²) in [5.74, 6) is -2.34. The van der Waals surface area contributed by atoms with Crippen molar-refractivity contribution >= 4 is 50.8 Å². The van der Waals surface area contributed by atoms with Crippen LogP contribution in [-0.2, 0) is 19.5 Å². The van der Waals surface area contributed by atoms with Crippen molar-refractivity contribution in [3.05, 3.63) is 71.8 Å². The molecule has 1 unspecified atom stereocenters. The maximum Gasteiger partial charge on any atom is 0.510 e. The summed E-state index contributed by atoms with van der Waals surface area (Å²) >= 11 is 0.691. The minimum Gasteiger partial charge on any atom is -0.401 e. The maximum atomic E-state index is 13.8. The van der Waals surface area contributed by atoms with E-state index in [0.29, 0.717) is 28.2 Å². The number of anilines is 2. The lowest BCUT2D eigenvalue weighted by atomic mass is 10.1. The van der Waals surface area contributed by atoms with Crippen LogP contribution in [0.5, 0.6) is 5.75 Å². The molecule has 3 aliphatic heterocycles. The van der Waals surface area contributed by atoms with Gasteiger partial charge in [0.25, 0.3) is 15.8 Å². The van der Waals surface area contributed by atoms with E-state index in [1.54, 1.807) is 36.4 Å². The number of rotatable bonds is 5. The summed E-state index contributed by atoms with van der Waals surface area (Å²) in [5, 5.41) is 22.5. The number of hydrogen-bond acceptors (Lipinski definition) is 12. The van der Waals surface area contributed by atoms with E-state index < -0.39 is 26.6 Å². The molecule has 36 heavy (non-hydrogen) atoms. The zero-order chi connectivity index (χ0) is 25.2. The Morgan fingerprint density at radius 2 is 1.92 bits per heavy atom. The van der Waals surface area contributed by atoms with E-state index in [4.69, 9.17) is 15.7 Å². The molecule has 0 amide bonds. The largest absolute Gasteiger partial charge is 0.510 e. The number of ether oxygens (including phenoxy) is 1. The number of nitrogen functional groups attached to an aromatic ring is 1. The van der Waals surface area contributed by atoms with Gasteiger partial charge in [0.2, 0.25) is 5.84 Å². The molecule has 13 nitrogen and oxygen atoms in total. The molecule has 0 aromatic heterocycles. The first kappa shape index (κ1) is 22.6. The number of Topliss-reactive ketones (excluding diaryl/α,β-unsaturated/α-hetero) is 1. The predicted octanol–water partition coefficient (Wildman–Crippen LogP) is 3.16. The van der Waals surface area contributed by atoms with Crippen LogP contribution in [0.15, 0.2) is 80.7 Å². The summed E-state index contributed by atoms with van der Waals surface area (Å²) in [7, 11) is -4.64. The van der Waals surface area contributed by atoms with Gasteiger partial charge < -0.3 is 10.5 Å². The molecule has 4 N–H and O–H groups in total. The SMILES string of the molecule is Nc1cc(S(=O)(=O)O)cc2c1OC13C(=O)c4ccc(SOOO)cc4[N+]1=NC(c1ccccc1)=NN23. The zero-order valence-electron chi connectivity index (χ0n) is 17.8. The van der Waals surface area contributed by atoms with Crippen LogP contribution in [0.3, 0.4) is 0 Å². The number of amidine groups is 1. The van der Waals surface area contributed by atoms with Gasteiger partial charge in [0.1, 0.15) is 11.3 Å². The van der Waals surface area contributed by atoms with Gasteiger partial charge in [0.15, 0.2) is 5.75 Å². The van der Waals surface area contributed by atoms with Crippen molar-refractivity contribution in [1.29, 1.82) is 0 Å². The average molecular weight is 529 g/mol. The lowest BCUT2D eigenvalue weighted by Crippen LogP contribution is -2.59. The lowest BCUT2D eigenvalue weighted by molar-refractivity contribution is -0.606. The highest BCUT2D eigenvalue weighted by Gasteiger charge is 2.73. The summed E-state index contributed by atoms with van der Waals surface area (Å²) in [6.07, 6.45) is 0. The van der Waals surface area contributed by atoms with E-state index in [0.717, 1.165) is 12.1 Å². The summed E-state index contributed by atoms with van der Waals surface area (Å²) in [6.45, 7) is 0. The number of nitrogens with zero attached hydrogens (tertiary/aromatic N) is 4. The predicted molar refractivity (Wildman–Crippen MR) is 123 cm³/mol. The Morgan fingerprint density at radius 1 is 1.14 bits per heavy atom. The first-order valence-electron chi connectivity index (χ1n) is 10.1. The fraction of sp³-hybridized carbons (Fsp3) is 0.0476. The van der Waals surface area contributed by atoms with Gasteiger partial charge >= 0.3 is 11.6 Å².